The Morgan fingerprint density at radius 3 is 1.83 bits per heavy atom. The summed E-state index contributed by atoms with van der Waals surface area (Å²) in [6, 6.07) is -0.885. The van der Waals surface area contributed by atoms with Crippen molar-refractivity contribution in [2.45, 2.75) is 102 Å². The summed E-state index contributed by atoms with van der Waals surface area (Å²) in [5.41, 5.74) is 1.74. The fourth-order valence-electron chi connectivity index (χ4n) is 7.88. The number of amides is 6. The highest BCUT2D eigenvalue weighted by Gasteiger charge is 2.39. The quantitative estimate of drug-likeness (QED) is 0.0480. The predicted octanol–water partition coefficient (Wildman–Crippen LogP) is 0.293. The number of hydrogen-bond acceptors (Lipinski definition) is 21. The summed E-state index contributed by atoms with van der Waals surface area (Å²) in [5.74, 6) is -5.51. The lowest BCUT2D eigenvalue weighted by molar-refractivity contribution is -0.137. The number of thioether (sulfide) groups is 1. The summed E-state index contributed by atoms with van der Waals surface area (Å²) < 4.78 is 0. The fraction of sp³-hybridized carbons (Fsp3) is 0.510. The number of benzene rings is 1. The number of rotatable bonds is 29. The lowest BCUT2D eigenvalue weighted by Crippen LogP contribution is -2.59. The Kier molecular flexibility index (Phi) is 25.3. The molecule has 0 aliphatic carbocycles. The summed E-state index contributed by atoms with van der Waals surface area (Å²) >= 11 is 18.7. The van der Waals surface area contributed by atoms with Crippen LogP contribution in [0.5, 0.6) is 0 Å². The molecule has 3 aliphatic rings. The first-order valence-corrected chi connectivity index (χ1v) is 27.8. The lowest BCUT2D eigenvalue weighted by atomic mass is 10.0. The zero-order valence-electron chi connectivity index (χ0n) is 42.7. The molecule has 1 saturated heterocycles. The second-order valence-electron chi connectivity index (χ2n) is 18.4. The lowest BCUT2D eigenvalue weighted by Gasteiger charge is -2.30. The monoisotopic (exact) mass is 1150 g/mol. The molecule has 0 bridgehead atoms. The highest BCUT2D eigenvalue weighted by molar-refractivity contribution is 7.98. The maximum Gasteiger partial charge on any atom is 0.246 e. The van der Waals surface area contributed by atoms with Crippen molar-refractivity contribution in [3.05, 3.63) is 80.5 Å². The molecule has 1 fully saturated rings. The molecule has 3 heterocycles. The van der Waals surface area contributed by atoms with E-state index >= 15 is 0 Å². The number of carbonyl (C=O) groups is 8. The largest absolute Gasteiger partial charge is 0.506 e. The molecule has 27 heteroatoms. The minimum Gasteiger partial charge on any atom is -0.506 e. The van der Waals surface area contributed by atoms with Crippen LogP contribution in [0.4, 0.5) is 0 Å². The molecule has 0 aromatic heterocycles. The molecular weight excluding hydrogens is 1080 g/mol. The SMILES string of the molecule is CSCCC(NC(=O)C(CS)NC(=O)C(CO)N/C(S)=C1/N=C(C2CCCN2C(=O)C(Cc2ccc(C)cc2)NC(=O)C(CS)NC(=O)C(CO)NC(=O)CN/C(S)=C2/N=C(C(=O)CC(C)C)C=C2O)C=C1O)C(C)=O. The normalized spacial score (nSPS) is 18.8. The van der Waals surface area contributed by atoms with Crippen molar-refractivity contribution in [1.82, 2.24) is 42.1 Å². The molecule has 0 radical (unpaired) electrons. The molecule has 4 rings (SSSR count). The average Bonchev–Trinajstić information content (AvgIpc) is 4.14. The minimum absolute atomic E-state index is 0.0144. The van der Waals surface area contributed by atoms with Crippen molar-refractivity contribution in [3.63, 3.8) is 0 Å². The van der Waals surface area contributed by atoms with Crippen LogP contribution in [-0.2, 0) is 44.8 Å². The molecule has 76 heavy (non-hydrogen) atoms. The van der Waals surface area contributed by atoms with Crippen LogP contribution < -0.4 is 37.2 Å². The van der Waals surface area contributed by atoms with Crippen molar-refractivity contribution in [1.29, 1.82) is 0 Å². The smallest absolute Gasteiger partial charge is 0.246 e. The number of Topliss-reactive ketones (excluding diaryl/α,β-unsaturated/α-hetero) is 2. The number of likely N-dealkylation sites (tertiary alicyclic amines) is 1. The molecule has 7 atom stereocenters. The Hall–Kier alpha value is -5.45. The van der Waals surface area contributed by atoms with E-state index in [-0.39, 0.29) is 92.8 Å². The van der Waals surface area contributed by atoms with E-state index in [2.05, 4.69) is 97.7 Å². The van der Waals surface area contributed by atoms with Gasteiger partial charge in [0.1, 0.15) is 58.8 Å². The number of aliphatic hydroxyl groups is 4. The maximum atomic E-state index is 14.6. The third-order valence-corrected chi connectivity index (χ3v) is 14.1. The number of carbonyl (C=O) groups excluding carboxylic acids is 8. The van der Waals surface area contributed by atoms with E-state index < -0.39 is 97.5 Å². The van der Waals surface area contributed by atoms with Crippen LogP contribution in [0.25, 0.3) is 0 Å². The summed E-state index contributed by atoms with van der Waals surface area (Å²) in [5, 5.41) is 59.7. The van der Waals surface area contributed by atoms with E-state index in [0.29, 0.717) is 30.6 Å². The van der Waals surface area contributed by atoms with Gasteiger partial charge < -0.3 is 62.5 Å². The summed E-state index contributed by atoms with van der Waals surface area (Å²) in [6.07, 6.45) is 5.91. The van der Waals surface area contributed by atoms with E-state index in [9.17, 15) is 58.8 Å². The summed E-state index contributed by atoms with van der Waals surface area (Å²) in [7, 11) is 0. The Balaban J connectivity index is 1.46. The number of thiol groups is 4. The Morgan fingerprint density at radius 2 is 1.28 bits per heavy atom. The van der Waals surface area contributed by atoms with Gasteiger partial charge in [-0.1, -0.05) is 43.7 Å². The standard InChI is InChI=1S/C49H68N10O12S5/c1-24(2)15-37(63)30-18-39(65)41(53-30)47(74)50-19-40(66)51-32(20-60)43(67)56-35(23-73)46(70)55-31(16-27-10-8-25(3)9-11-27)49(71)59-13-6-7-36(59)29-17-38(64)42(52-29)48(75)58-33(21-61)44(68)57-34(22-72)45(69)54-28(26(4)62)12-14-76-5/h8-11,17-18,24,28,31-36,50,58,60-61,64-65,72-75H,6-7,12-16,19-23H2,1-5H3,(H,51,66)(H,54,69)(H,55,70)(H,56,67)(H,57,68)/b47-41-,48-42-. The molecule has 1 aromatic rings. The van der Waals surface area contributed by atoms with Gasteiger partial charge in [-0.3, -0.25) is 38.4 Å². The predicted molar refractivity (Wildman–Crippen MR) is 303 cm³/mol. The number of hydrogen-bond donors (Lipinski definition) is 15. The molecule has 11 N–H and O–H groups in total. The third-order valence-electron chi connectivity index (χ3n) is 12.0. The third kappa shape index (κ3) is 18.1. The van der Waals surface area contributed by atoms with Crippen LogP contribution in [0.15, 0.2) is 79.4 Å². The molecule has 416 valence electrons. The number of nitrogens with one attached hydrogen (secondary N) is 7. The van der Waals surface area contributed by atoms with Gasteiger partial charge in [0.15, 0.2) is 11.6 Å². The van der Waals surface area contributed by atoms with Gasteiger partial charge in [-0.25, -0.2) is 9.98 Å². The average molecular weight is 1150 g/mol. The van der Waals surface area contributed by atoms with Gasteiger partial charge in [0.2, 0.25) is 35.4 Å². The summed E-state index contributed by atoms with van der Waals surface area (Å²) in [4.78, 5) is 116. The zero-order chi connectivity index (χ0) is 56.4. The van der Waals surface area contributed by atoms with Crippen molar-refractivity contribution >= 4 is 121 Å². The number of aliphatic hydroxyl groups excluding tert-OH is 4. The molecule has 0 saturated carbocycles. The Morgan fingerprint density at radius 1 is 0.737 bits per heavy atom. The van der Waals surface area contributed by atoms with Gasteiger partial charge in [0.05, 0.1) is 47.6 Å². The minimum atomic E-state index is -1.55. The first kappa shape index (κ1) is 63.1. The topological polar surface area (TPSA) is 330 Å². The van der Waals surface area contributed by atoms with E-state index in [4.69, 9.17) is 0 Å². The highest BCUT2D eigenvalue weighted by Crippen LogP contribution is 2.29. The second-order valence-corrected chi connectivity index (χ2v) is 21.0. The molecular formula is C49H68N10O12S5. The number of allylic oxidation sites excluding steroid dienone is 1. The molecule has 0 spiro atoms. The second kappa shape index (κ2) is 30.5. The molecule has 7 unspecified atom stereocenters. The first-order chi connectivity index (χ1) is 36.0. The number of nitrogens with zero attached hydrogens (tertiary/aromatic N) is 3. The zero-order valence-corrected chi connectivity index (χ0v) is 47.1. The maximum absolute atomic E-state index is 14.6. The number of aryl methyl sites for hydroxylation is 1. The van der Waals surface area contributed by atoms with Gasteiger partial charge in [0, 0.05) is 43.0 Å². The molecule has 1 aromatic carbocycles. The first-order valence-electron chi connectivity index (χ1n) is 24.2. The fourth-order valence-corrected chi connectivity index (χ4v) is 9.42. The van der Waals surface area contributed by atoms with Gasteiger partial charge in [-0.2, -0.15) is 37.0 Å². The van der Waals surface area contributed by atoms with Crippen LogP contribution >= 0.6 is 62.3 Å². The van der Waals surface area contributed by atoms with Gasteiger partial charge in [-0.05, 0) is 56.6 Å². The molecule has 22 nitrogen and oxygen atoms in total. The molecule has 6 amide bonds. The number of aliphatic imine (C=N–C) groups is 2. The van der Waals surface area contributed by atoms with Crippen LogP contribution in [0, 0.1) is 12.8 Å². The van der Waals surface area contributed by atoms with Crippen LogP contribution in [0.1, 0.15) is 57.6 Å². The van der Waals surface area contributed by atoms with Gasteiger partial charge >= 0.3 is 0 Å². The van der Waals surface area contributed by atoms with Crippen molar-refractivity contribution in [2.75, 3.05) is 49.8 Å². The summed E-state index contributed by atoms with van der Waals surface area (Å²) in [6.45, 7) is 5.04. The van der Waals surface area contributed by atoms with Crippen LogP contribution in [0.2, 0.25) is 0 Å². The number of ketones is 2. The molecule has 3 aliphatic heterocycles. The van der Waals surface area contributed by atoms with Gasteiger partial charge in [0.25, 0.3) is 0 Å². The van der Waals surface area contributed by atoms with Crippen molar-refractivity contribution in [3.8, 4) is 0 Å². The van der Waals surface area contributed by atoms with E-state index in [0.717, 1.165) is 5.56 Å². The van der Waals surface area contributed by atoms with E-state index in [1.165, 1.54) is 35.7 Å². The van der Waals surface area contributed by atoms with E-state index in [1.54, 1.807) is 12.1 Å². The van der Waals surface area contributed by atoms with Crippen LogP contribution in [-0.4, -0.2) is 176 Å². The van der Waals surface area contributed by atoms with Gasteiger partial charge in [-0.15, -0.1) is 25.3 Å². The Labute approximate surface area is 467 Å². The van der Waals surface area contributed by atoms with Crippen molar-refractivity contribution in [2.24, 2.45) is 15.9 Å². The highest BCUT2D eigenvalue weighted by atomic mass is 32.2. The van der Waals surface area contributed by atoms with E-state index in [1.807, 2.05) is 39.2 Å². The van der Waals surface area contributed by atoms with Crippen LogP contribution in [0.3, 0.4) is 0 Å². The Bertz CT molecular complexity index is 2540. The van der Waals surface area contributed by atoms with Crippen molar-refractivity contribution < 1.29 is 58.8 Å².